The predicted octanol–water partition coefficient (Wildman–Crippen LogP) is 1.58. The van der Waals surface area contributed by atoms with Gasteiger partial charge in [-0.25, -0.2) is 0 Å². The lowest BCUT2D eigenvalue weighted by molar-refractivity contribution is 0.182. The highest BCUT2D eigenvalue weighted by molar-refractivity contribution is 5.37. The molecule has 0 radical (unpaired) electrons. The predicted molar refractivity (Wildman–Crippen MR) is 77.0 cm³/mol. The van der Waals surface area contributed by atoms with Crippen LogP contribution in [0, 0.1) is 0 Å². The highest BCUT2D eigenvalue weighted by Crippen LogP contribution is 2.22. The van der Waals surface area contributed by atoms with E-state index in [0.29, 0.717) is 24.3 Å². The van der Waals surface area contributed by atoms with Crippen LogP contribution in [0.25, 0.3) is 0 Å². The standard InChI is InChI=1S/C16H19NO3/c17-16(19)9-13-6-7-15(14(8-13)10-18)20-11-12-4-2-1-3-5-12/h1-8,16,18-19H,9-11,17H2. The summed E-state index contributed by atoms with van der Waals surface area (Å²) in [5.74, 6) is 0.645. The highest BCUT2D eigenvalue weighted by atomic mass is 16.5. The Morgan fingerprint density at radius 2 is 1.80 bits per heavy atom. The van der Waals surface area contributed by atoms with E-state index in [9.17, 15) is 10.2 Å². The number of rotatable bonds is 6. The maximum Gasteiger partial charge on any atom is 0.125 e. The molecule has 0 saturated heterocycles. The van der Waals surface area contributed by atoms with Crippen LogP contribution in [0.5, 0.6) is 5.75 Å². The Kier molecular flexibility index (Phi) is 5.12. The molecule has 4 heteroatoms. The number of aliphatic hydroxyl groups excluding tert-OH is 2. The van der Waals surface area contributed by atoms with Crippen molar-refractivity contribution in [3.63, 3.8) is 0 Å². The summed E-state index contributed by atoms with van der Waals surface area (Å²) in [5, 5.41) is 18.6. The second-order valence-corrected chi connectivity index (χ2v) is 4.65. The molecule has 4 nitrogen and oxygen atoms in total. The fourth-order valence-electron chi connectivity index (χ4n) is 2.00. The van der Waals surface area contributed by atoms with Crippen molar-refractivity contribution in [1.82, 2.24) is 0 Å². The summed E-state index contributed by atoms with van der Waals surface area (Å²) in [6.45, 7) is 0.339. The van der Waals surface area contributed by atoms with E-state index >= 15 is 0 Å². The number of hydrogen-bond donors (Lipinski definition) is 3. The topological polar surface area (TPSA) is 75.7 Å². The summed E-state index contributed by atoms with van der Waals surface area (Å²) < 4.78 is 5.72. The number of ether oxygens (including phenoxy) is 1. The molecule has 0 fully saturated rings. The van der Waals surface area contributed by atoms with Gasteiger partial charge in [0.25, 0.3) is 0 Å². The van der Waals surface area contributed by atoms with Gasteiger partial charge in [0.05, 0.1) is 6.61 Å². The molecule has 0 aliphatic heterocycles. The first kappa shape index (κ1) is 14.5. The number of hydrogen-bond acceptors (Lipinski definition) is 4. The van der Waals surface area contributed by atoms with Gasteiger partial charge in [-0.15, -0.1) is 0 Å². The molecule has 4 N–H and O–H groups in total. The average Bonchev–Trinajstić information content (AvgIpc) is 2.46. The lowest BCUT2D eigenvalue weighted by Gasteiger charge is -2.12. The maximum atomic E-state index is 9.40. The van der Waals surface area contributed by atoms with E-state index in [1.165, 1.54) is 0 Å². The number of benzene rings is 2. The van der Waals surface area contributed by atoms with Gasteiger partial charge in [0, 0.05) is 12.0 Å². The minimum atomic E-state index is -0.891. The van der Waals surface area contributed by atoms with Gasteiger partial charge in [-0.2, -0.15) is 0 Å². The molecule has 0 bridgehead atoms. The van der Waals surface area contributed by atoms with E-state index in [4.69, 9.17) is 10.5 Å². The van der Waals surface area contributed by atoms with Gasteiger partial charge in [0.2, 0.25) is 0 Å². The molecule has 0 saturated carbocycles. The first-order valence-electron chi connectivity index (χ1n) is 6.52. The first-order valence-corrected chi connectivity index (χ1v) is 6.52. The summed E-state index contributed by atoms with van der Waals surface area (Å²) in [4.78, 5) is 0. The first-order chi connectivity index (χ1) is 9.69. The number of aliphatic hydroxyl groups is 2. The van der Waals surface area contributed by atoms with E-state index in [1.807, 2.05) is 36.4 Å². The van der Waals surface area contributed by atoms with Crippen LogP contribution in [-0.4, -0.2) is 16.4 Å². The van der Waals surface area contributed by atoms with Crippen molar-refractivity contribution in [3.8, 4) is 5.75 Å². The van der Waals surface area contributed by atoms with Gasteiger partial charge >= 0.3 is 0 Å². The molecule has 2 rings (SSSR count). The molecule has 0 heterocycles. The molecule has 1 atom stereocenters. The molecule has 0 aromatic heterocycles. The Balaban J connectivity index is 2.07. The SMILES string of the molecule is NC(O)Cc1ccc(OCc2ccccc2)c(CO)c1. The molecule has 0 aliphatic rings. The third-order valence-corrected chi connectivity index (χ3v) is 2.98. The normalized spacial score (nSPS) is 12.2. The molecule has 2 aromatic rings. The van der Waals surface area contributed by atoms with Gasteiger partial charge in [-0.1, -0.05) is 36.4 Å². The Labute approximate surface area is 118 Å². The lowest BCUT2D eigenvalue weighted by Crippen LogP contribution is -2.21. The zero-order valence-corrected chi connectivity index (χ0v) is 11.2. The second-order valence-electron chi connectivity index (χ2n) is 4.65. The Hall–Kier alpha value is -1.88. The Bertz CT molecular complexity index is 541. The Morgan fingerprint density at radius 1 is 1.05 bits per heavy atom. The van der Waals surface area contributed by atoms with Crippen LogP contribution in [0.15, 0.2) is 48.5 Å². The van der Waals surface area contributed by atoms with Gasteiger partial charge in [0.1, 0.15) is 18.6 Å². The summed E-state index contributed by atoms with van der Waals surface area (Å²) in [6.07, 6.45) is -0.538. The van der Waals surface area contributed by atoms with Crippen molar-refractivity contribution in [1.29, 1.82) is 0 Å². The molecule has 1 unspecified atom stereocenters. The van der Waals surface area contributed by atoms with E-state index in [0.717, 1.165) is 11.1 Å². The quantitative estimate of drug-likeness (QED) is 0.698. The van der Waals surface area contributed by atoms with Crippen molar-refractivity contribution in [2.24, 2.45) is 5.73 Å². The average molecular weight is 273 g/mol. The second kappa shape index (κ2) is 7.05. The fraction of sp³-hybridized carbons (Fsp3) is 0.250. The van der Waals surface area contributed by atoms with Crippen LogP contribution < -0.4 is 10.5 Å². The molecule has 20 heavy (non-hydrogen) atoms. The molecular formula is C16H19NO3. The van der Waals surface area contributed by atoms with Crippen LogP contribution in [0.4, 0.5) is 0 Å². The van der Waals surface area contributed by atoms with Crippen molar-refractivity contribution in [2.45, 2.75) is 25.9 Å². The van der Waals surface area contributed by atoms with Crippen molar-refractivity contribution < 1.29 is 14.9 Å². The number of nitrogens with two attached hydrogens (primary N) is 1. The minimum Gasteiger partial charge on any atom is -0.489 e. The molecule has 0 amide bonds. The summed E-state index contributed by atoms with van der Waals surface area (Å²) in [5.41, 5.74) is 7.98. The molecule has 0 spiro atoms. The molecule has 0 aliphatic carbocycles. The van der Waals surface area contributed by atoms with E-state index in [2.05, 4.69) is 0 Å². The summed E-state index contributed by atoms with van der Waals surface area (Å²) in [7, 11) is 0. The summed E-state index contributed by atoms with van der Waals surface area (Å²) >= 11 is 0. The monoisotopic (exact) mass is 273 g/mol. The van der Waals surface area contributed by atoms with Gasteiger partial charge in [-0.3, -0.25) is 0 Å². The van der Waals surface area contributed by atoms with Crippen LogP contribution in [0.2, 0.25) is 0 Å². The van der Waals surface area contributed by atoms with Crippen LogP contribution >= 0.6 is 0 Å². The minimum absolute atomic E-state index is 0.112. The summed E-state index contributed by atoms with van der Waals surface area (Å²) in [6, 6.07) is 15.3. The van der Waals surface area contributed by atoms with E-state index in [-0.39, 0.29) is 6.61 Å². The fourth-order valence-corrected chi connectivity index (χ4v) is 2.00. The smallest absolute Gasteiger partial charge is 0.125 e. The molecular weight excluding hydrogens is 254 g/mol. The van der Waals surface area contributed by atoms with E-state index in [1.54, 1.807) is 12.1 Å². The van der Waals surface area contributed by atoms with Gasteiger partial charge < -0.3 is 20.7 Å². The van der Waals surface area contributed by atoms with Crippen molar-refractivity contribution >= 4 is 0 Å². The largest absolute Gasteiger partial charge is 0.489 e. The third kappa shape index (κ3) is 4.06. The van der Waals surface area contributed by atoms with Crippen LogP contribution in [0.3, 0.4) is 0 Å². The molecule has 106 valence electrons. The zero-order valence-electron chi connectivity index (χ0n) is 11.2. The Morgan fingerprint density at radius 3 is 2.45 bits per heavy atom. The maximum absolute atomic E-state index is 9.40. The van der Waals surface area contributed by atoms with Crippen molar-refractivity contribution in [3.05, 3.63) is 65.2 Å². The van der Waals surface area contributed by atoms with E-state index < -0.39 is 6.23 Å². The lowest BCUT2D eigenvalue weighted by atomic mass is 10.1. The highest BCUT2D eigenvalue weighted by Gasteiger charge is 2.07. The van der Waals surface area contributed by atoms with Crippen LogP contribution in [-0.2, 0) is 19.6 Å². The molecule has 2 aromatic carbocycles. The van der Waals surface area contributed by atoms with Crippen molar-refractivity contribution in [2.75, 3.05) is 0 Å². The zero-order chi connectivity index (χ0) is 14.4. The van der Waals surface area contributed by atoms with Gasteiger partial charge in [-0.05, 0) is 23.3 Å². The third-order valence-electron chi connectivity index (χ3n) is 2.98. The van der Waals surface area contributed by atoms with Gasteiger partial charge in [0.15, 0.2) is 0 Å². The van der Waals surface area contributed by atoms with Crippen LogP contribution in [0.1, 0.15) is 16.7 Å².